The van der Waals surface area contributed by atoms with Crippen LogP contribution in [0.4, 0.5) is 17.3 Å². The summed E-state index contributed by atoms with van der Waals surface area (Å²) < 4.78 is 43.6. The van der Waals surface area contributed by atoms with Gasteiger partial charge in [0.1, 0.15) is 12.4 Å². The van der Waals surface area contributed by atoms with Gasteiger partial charge in [-0.1, -0.05) is 46.0 Å². The lowest BCUT2D eigenvalue weighted by Gasteiger charge is -1.98. The highest BCUT2D eigenvalue weighted by atomic mass is 19.5. The monoisotopic (exact) mass is 324 g/mol. The summed E-state index contributed by atoms with van der Waals surface area (Å²) >= 11 is 0. The number of hydrogen-bond donors (Lipinski definition) is 0. The highest BCUT2D eigenvalue weighted by molar-refractivity contribution is 6.50. The molecule has 22 heavy (non-hydrogen) atoms. The quantitative estimate of drug-likeness (QED) is 0.241. The van der Waals surface area contributed by atoms with Gasteiger partial charge in [-0.2, -0.15) is 0 Å². The molecule has 0 unspecified atom stereocenters. The van der Waals surface area contributed by atoms with Gasteiger partial charge in [-0.3, -0.25) is 0 Å². The molecule has 0 bridgehead atoms. The molecule has 0 aliphatic carbocycles. The minimum absolute atomic E-state index is 1.17. The van der Waals surface area contributed by atoms with Gasteiger partial charge in [-0.15, -0.1) is 0 Å². The number of hydrogen-bond acceptors (Lipinski definition) is 0. The van der Waals surface area contributed by atoms with Gasteiger partial charge in [0.15, 0.2) is 0 Å². The highest BCUT2D eigenvalue weighted by Gasteiger charge is 2.20. The van der Waals surface area contributed by atoms with Gasteiger partial charge < -0.3 is 17.3 Å². The summed E-state index contributed by atoms with van der Waals surface area (Å²) in [6.45, 7) is 6.87. The van der Waals surface area contributed by atoms with E-state index in [1.54, 1.807) is 0 Å². The zero-order valence-corrected chi connectivity index (χ0v) is 13.8. The molecule has 0 radical (unpaired) electrons. The second-order valence-corrected chi connectivity index (χ2v) is 5.51. The fourth-order valence-electron chi connectivity index (χ4n) is 2.12. The third-order valence-corrected chi connectivity index (χ3v) is 3.29. The summed E-state index contributed by atoms with van der Waals surface area (Å²) in [5, 5.41) is 0. The maximum absolute atomic E-state index is 9.75. The van der Waals surface area contributed by atoms with Gasteiger partial charge in [-0.25, -0.2) is 9.13 Å². The molecule has 0 amide bonds. The van der Waals surface area contributed by atoms with Crippen molar-refractivity contribution in [2.24, 2.45) is 0 Å². The van der Waals surface area contributed by atoms with E-state index in [-0.39, 0.29) is 0 Å². The lowest BCUT2D eigenvalue weighted by Crippen LogP contribution is -2.30. The van der Waals surface area contributed by atoms with Crippen LogP contribution in [0.3, 0.4) is 0 Å². The molecule has 130 valence electrons. The summed E-state index contributed by atoms with van der Waals surface area (Å²) in [6, 6.07) is 0. The van der Waals surface area contributed by atoms with E-state index in [1.807, 2.05) is 0 Å². The molecule has 0 atom stereocenters. The van der Waals surface area contributed by atoms with Crippen LogP contribution in [-0.4, -0.2) is 11.8 Å². The van der Waals surface area contributed by atoms with E-state index < -0.39 is 7.25 Å². The van der Waals surface area contributed by atoms with Crippen molar-refractivity contribution in [3.05, 3.63) is 18.7 Å². The minimum atomic E-state index is -6.00. The van der Waals surface area contributed by atoms with Crippen molar-refractivity contribution in [1.29, 1.82) is 0 Å². The molecule has 7 heteroatoms. The van der Waals surface area contributed by atoms with Crippen molar-refractivity contribution in [3.63, 3.8) is 0 Å². The van der Waals surface area contributed by atoms with Crippen LogP contribution in [0.2, 0.25) is 0 Å². The molecule has 0 fully saturated rings. The van der Waals surface area contributed by atoms with Gasteiger partial charge in [0.2, 0.25) is 6.33 Å². The molecule has 0 saturated carbocycles. The molecule has 0 aliphatic rings. The number of nitrogens with zero attached hydrogens (tertiary/aromatic N) is 2. The molecule has 1 rings (SSSR count). The first-order valence-electron chi connectivity index (χ1n) is 8.29. The SMILES string of the molecule is CCCCCCCC[n+]1ccn(CCCC)c1.F[B-](F)(F)F. The fraction of sp³-hybridized carbons (Fsp3) is 0.800. The van der Waals surface area contributed by atoms with Crippen molar-refractivity contribution >= 4 is 7.25 Å². The molecule has 1 aromatic rings. The van der Waals surface area contributed by atoms with Crippen LogP contribution in [0, 0.1) is 0 Å². The Balaban J connectivity index is 0.000000763. The molecular weight excluding hydrogens is 295 g/mol. The first-order chi connectivity index (χ1) is 10.4. The van der Waals surface area contributed by atoms with Crippen LogP contribution in [0.25, 0.3) is 0 Å². The zero-order chi connectivity index (χ0) is 16.8. The van der Waals surface area contributed by atoms with Gasteiger partial charge in [0.25, 0.3) is 0 Å². The average Bonchev–Trinajstić information content (AvgIpc) is 2.86. The van der Waals surface area contributed by atoms with Crippen LogP contribution in [-0.2, 0) is 13.1 Å². The summed E-state index contributed by atoms with van der Waals surface area (Å²) in [6.07, 6.45) is 17.5. The van der Waals surface area contributed by atoms with E-state index in [1.165, 1.54) is 64.5 Å². The molecule has 1 aromatic heterocycles. The number of aromatic nitrogens is 2. The van der Waals surface area contributed by atoms with E-state index in [2.05, 4.69) is 41.7 Å². The predicted octanol–water partition coefficient (Wildman–Crippen LogP) is 5.24. The number of halogens is 4. The second-order valence-electron chi connectivity index (χ2n) is 5.51. The Morgan fingerprint density at radius 2 is 1.41 bits per heavy atom. The Labute approximate surface area is 131 Å². The first-order valence-corrected chi connectivity index (χ1v) is 8.29. The summed E-state index contributed by atoms with van der Waals surface area (Å²) in [4.78, 5) is 0. The third-order valence-electron chi connectivity index (χ3n) is 3.29. The Morgan fingerprint density at radius 1 is 0.864 bits per heavy atom. The van der Waals surface area contributed by atoms with Crippen LogP contribution < -0.4 is 4.57 Å². The summed E-state index contributed by atoms with van der Waals surface area (Å²) in [7, 11) is -6.00. The van der Waals surface area contributed by atoms with Gasteiger partial charge >= 0.3 is 7.25 Å². The highest BCUT2D eigenvalue weighted by Crippen LogP contribution is 2.06. The molecule has 0 N–H and O–H groups in total. The van der Waals surface area contributed by atoms with Crippen LogP contribution in [0.1, 0.15) is 65.2 Å². The predicted molar refractivity (Wildman–Crippen MR) is 83.1 cm³/mol. The Bertz CT molecular complexity index is 361. The molecule has 1 heterocycles. The largest absolute Gasteiger partial charge is 0.673 e. The van der Waals surface area contributed by atoms with E-state index in [0.717, 1.165) is 0 Å². The maximum Gasteiger partial charge on any atom is 0.673 e. The lowest BCUT2D eigenvalue weighted by molar-refractivity contribution is -0.696. The maximum atomic E-state index is 9.75. The summed E-state index contributed by atoms with van der Waals surface area (Å²) in [5.74, 6) is 0. The number of unbranched alkanes of at least 4 members (excludes halogenated alkanes) is 6. The van der Waals surface area contributed by atoms with Crippen LogP contribution in [0.15, 0.2) is 18.7 Å². The Kier molecular flexibility index (Phi) is 12.0. The van der Waals surface area contributed by atoms with Crippen molar-refractivity contribution < 1.29 is 21.8 Å². The van der Waals surface area contributed by atoms with Crippen molar-refractivity contribution in [2.75, 3.05) is 0 Å². The molecule has 2 nitrogen and oxygen atoms in total. The van der Waals surface area contributed by atoms with Crippen LogP contribution >= 0.6 is 0 Å². The third kappa shape index (κ3) is 15.4. The standard InChI is InChI=1S/C15H29N2.BF4/c1-3-5-7-8-9-10-12-17-14-13-16(15-17)11-6-4-2;2-1(3,4)5/h13-15H,3-12H2,1-2H3;/q+1;-1. The molecular formula is C15H29BF4N2. The topological polar surface area (TPSA) is 8.81 Å². The van der Waals surface area contributed by atoms with Gasteiger partial charge in [-0.05, 0) is 19.3 Å². The fourth-order valence-corrected chi connectivity index (χ4v) is 2.12. The Hall–Kier alpha value is -1.01. The molecule has 0 aliphatic heterocycles. The molecule has 0 spiro atoms. The van der Waals surface area contributed by atoms with Crippen molar-refractivity contribution in [1.82, 2.24) is 4.57 Å². The zero-order valence-electron chi connectivity index (χ0n) is 13.8. The van der Waals surface area contributed by atoms with Crippen molar-refractivity contribution in [3.8, 4) is 0 Å². The number of rotatable bonds is 10. The van der Waals surface area contributed by atoms with Gasteiger partial charge in [0, 0.05) is 0 Å². The number of imidazole rings is 1. The Morgan fingerprint density at radius 3 is 2.00 bits per heavy atom. The molecule has 0 aromatic carbocycles. The average molecular weight is 324 g/mol. The van der Waals surface area contributed by atoms with Crippen LogP contribution in [0.5, 0.6) is 0 Å². The van der Waals surface area contributed by atoms with E-state index in [9.17, 15) is 17.3 Å². The minimum Gasteiger partial charge on any atom is -0.418 e. The van der Waals surface area contributed by atoms with Crippen molar-refractivity contribution in [2.45, 2.75) is 78.3 Å². The number of aryl methyl sites for hydroxylation is 2. The lowest BCUT2D eigenvalue weighted by atomic mass is 10.1. The van der Waals surface area contributed by atoms with E-state index >= 15 is 0 Å². The summed E-state index contributed by atoms with van der Waals surface area (Å²) in [5.41, 5.74) is 0. The van der Waals surface area contributed by atoms with E-state index in [4.69, 9.17) is 0 Å². The smallest absolute Gasteiger partial charge is 0.418 e. The van der Waals surface area contributed by atoms with Gasteiger partial charge in [0.05, 0.1) is 13.1 Å². The van der Waals surface area contributed by atoms with E-state index in [0.29, 0.717) is 0 Å². The second kappa shape index (κ2) is 12.5. The normalized spacial score (nSPS) is 11.2. The molecule has 0 saturated heterocycles. The first kappa shape index (κ1) is 21.0.